The van der Waals surface area contributed by atoms with Crippen molar-refractivity contribution in [1.82, 2.24) is 15.5 Å². The summed E-state index contributed by atoms with van der Waals surface area (Å²) in [6, 6.07) is 0.411. The first-order valence-electron chi connectivity index (χ1n) is 9.65. The van der Waals surface area contributed by atoms with Crippen molar-refractivity contribution in [3.63, 3.8) is 0 Å². The maximum absolute atomic E-state index is 12.1. The van der Waals surface area contributed by atoms with Gasteiger partial charge in [-0.15, -0.1) is 0 Å². The molecule has 1 saturated carbocycles. The van der Waals surface area contributed by atoms with E-state index < -0.39 is 10.8 Å². The van der Waals surface area contributed by atoms with Crippen LogP contribution < -0.4 is 10.6 Å². The second kappa shape index (κ2) is 10.4. The lowest BCUT2D eigenvalue weighted by Crippen LogP contribution is -2.47. The molecule has 24 heavy (non-hydrogen) atoms. The van der Waals surface area contributed by atoms with Gasteiger partial charge in [-0.05, 0) is 64.6 Å². The molecule has 1 heterocycles. The van der Waals surface area contributed by atoms with Gasteiger partial charge in [-0.1, -0.05) is 13.3 Å². The molecule has 2 fully saturated rings. The van der Waals surface area contributed by atoms with Crippen LogP contribution in [0, 0.1) is 5.92 Å². The third kappa shape index (κ3) is 6.36. The summed E-state index contributed by atoms with van der Waals surface area (Å²) in [5.41, 5.74) is 0. The minimum absolute atomic E-state index is 0.360. The van der Waals surface area contributed by atoms with Crippen molar-refractivity contribution >= 4 is 16.8 Å². The Balaban J connectivity index is 1.69. The summed E-state index contributed by atoms with van der Waals surface area (Å²) in [6.07, 6.45) is 8.31. The molecule has 1 saturated heterocycles. The number of piperidine rings is 1. The van der Waals surface area contributed by atoms with E-state index in [1.165, 1.54) is 38.8 Å². The lowest BCUT2D eigenvalue weighted by molar-refractivity contribution is 0.213. The van der Waals surface area contributed by atoms with Crippen molar-refractivity contribution in [2.45, 2.75) is 63.2 Å². The monoisotopic (exact) mass is 356 g/mol. The van der Waals surface area contributed by atoms with E-state index in [9.17, 15) is 4.21 Å². The van der Waals surface area contributed by atoms with Gasteiger partial charge in [0.1, 0.15) is 0 Å². The van der Waals surface area contributed by atoms with Crippen LogP contribution >= 0.6 is 0 Å². The molecule has 5 nitrogen and oxygen atoms in total. The van der Waals surface area contributed by atoms with Crippen LogP contribution in [0.25, 0.3) is 0 Å². The Kier molecular flexibility index (Phi) is 8.53. The van der Waals surface area contributed by atoms with E-state index in [1.54, 1.807) is 0 Å². The molecule has 2 N–H and O–H groups in total. The van der Waals surface area contributed by atoms with Crippen LogP contribution in [0.15, 0.2) is 4.99 Å². The predicted octanol–water partition coefficient (Wildman–Crippen LogP) is 1.96. The maximum atomic E-state index is 12.1. The van der Waals surface area contributed by atoms with E-state index in [0.29, 0.717) is 11.3 Å². The highest BCUT2D eigenvalue weighted by Gasteiger charge is 2.26. The van der Waals surface area contributed by atoms with Gasteiger partial charge in [-0.25, -0.2) is 0 Å². The molecular formula is C18H36N4OS. The molecule has 0 spiro atoms. The molecule has 0 aromatic heterocycles. The zero-order chi connectivity index (χ0) is 17.4. The molecule has 0 aromatic carbocycles. The maximum Gasteiger partial charge on any atom is 0.191 e. The van der Waals surface area contributed by atoms with E-state index in [0.717, 1.165) is 43.4 Å². The molecule has 0 radical (unpaired) electrons. The standard InChI is InChI=1S/C18H36N4OS/c1-4-24(23)17-7-5-6-16(14-17)21-18(19-2)20-11-8-15-9-12-22(3)13-10-15/h15-17H,4-14H2,1-3H3,(H2,19,20,21). The van der Waals surface area contributed by atoms with Crippen molar-refractivity contribution in [1.29, 1.82) is 0 Å². The summed E-state index contributed by atoms with van der Waals surface area (Å²) in [5.74, 6) is 2.54. The van der Waals surface area contributed by atoms with Crippen molar-refractivity contribution in [2.24, 2.45) is 10.9 Å². The van der Waals surface area contributed by atoms with E-state index >= 15 is 0 Å². The fraction of sp³-hybridized carbons (Fsp3) is 0.944. The molecular weight excluding hydrogens is 320 g/mol. The topological polar surface area (TPSA) is 56.7 Å². The Morgan fingerprint density at radius 3 is 2.67 bits per heavy atom. The smallest absolute Gasteiger partial charge is 0.191 e. The number of guanidine groups is 1. The molecule has 0 bridgehead atoms. The quantitative estimate of drug-likeness (QED) is 0.564. The first kappa shape index (κ1) is 19.7. The van der Waals surface area contributed by atoms with Gasteiger partial charge in [-0.2, -0.15) is 0 Å². The number of hydrogen-bond acceptors (Lipinski definition) is 3. The van der Waals surface area contributed by atoms with Crippen LogP contribution in [-0.2, 0) is 10.8 Å². The number of aliphatic imine (C=N–C) groups is 1. The predicted molar refractivity (Wildman–Crippen MR) is 104 cm³/mol. The molecule has 3 unspecified atom stereocenters. The van der Waals surface area contributed by atoms with Gasteiger partial charge in [0.15, 0.2) is 5.96 Å². The second-order valence-corrected chi connectivity index (χ2v) is 9.34. The van der Waals surface area contributed by atoms with Crippen molar-refractivity contribution in [3.05, 3.63) is 0 Å². The zero-order valence-electron chi connectivity index (χ0n) is 15.7. The molecule has 2 rings (SSSR count). The first-order chi connectivity index (χ1) is 11.6. The number of rotatable bonds is 6. The summed E-state index contributed by atoms with van der Waals surface area (Å²) in [6.45, 7) is 5.48. The Bertz CT molecular complexity index is 421. The van der Waals surface area contributed by atoms with Crippen LogP contribution in [-0.4, -0.2) is 65.8 Å². The zero-order valence-corrected chi connectivity index (χ0v) is 16.5. The Morgan fingerprint density at radius 2 is 2.00 bits per heavy atom. The minimum Gasteiger partial charge on any atom is -0.356 e. The second-order valence-electron chi connectivity index (χ2n) is 7.33. The summed E-state index contributed by atoms with van der Waals surface area (Å²) in [7, 11) is 3.39. The normalized spacial score (nSPS) is 28.5. The molecule has 6 heteroatoms. The lowest BCUT2D eigenvalue weighted by atomic mass is 9.94. The molecule has 0 aromatic rings. The van der Waals surface area contributed by atoms with Gasteiger partial charge in [-0.3, -0.25) is 9.20 Å². The van der Waals surface area contributed by atoms with Crippen molar-refractivity contribution < 1.29 is 4.21 Å². The van der Waals surface area contributed by atoms with E-state index in [4.69, 9.17) is 0 Å². The molecule has 0 amide bonds. The largest absolute Gasteiger partial charge is 0.356 e. The fourth-order valence-electron chi connectivity index (χ4n) is 3.88. The van der Waals surface area contributed by atoms with Gasteiger partial charge < -0.3 is 15.5 Å². The van der Waals surface area contributed by atoms with Gasteiger partial charge in [0.25, 0.3) is 0 Å². The van der Waals surface area contributed by atoms with E-state index in [2.05, 4.69) is 27.6 Å². The Morgan fingerprint density at radius 1 is 1.25 bits per heavy atom. The van der Waals surface area contributed by atoms with Gasteiger partial charge in [0.2, 0.25) is 0 Å². The minimum atomic E-state index is -0.667. The lowest BCUT2D eigenvalue weighted by Gasteiger charge is -2.31. The van der Waals surface area contributed by atoms with Gasteiger partial charge in [0.05, 0.1) is 0 Å². The molecule has 1 aliphatic heterocycles. The van der Waals surface area contributed by atoms with Gasteiger partial charge in [0, 0.05) is 41.4 Å². The molecule has 140 valence electrons. The Labute approximate surface area is 150 Å². The first-order valence-corrected chi connectivity index (χ1v) is 11.0. The fourth-order valence-corrected chi connectivity index (χ4v) is 5.23. The average molecular weight is 357 g/mol. The van der Waals surface area contributed by atoms with Gasteiger partial charge >= 0.3 is 0 Å². The SMILES string of the molecule is CCS(=O)C1CCCC(NC(=NC)NCCC2CCN(C)CC2)C1. The van der Waals surface area contributed by atoms with Crippen LogP contribution in [0.5, 0.6) is 0 Å². The summed E-state index contributed by atoms with van der Waals surface area (Å²) < 4.78 is 12.1. The van der Waals surface area contributed by atoms with Crippen molar-refractivity contribution in [2.75, 3.05) is 39.5 Å². The van der Waals surface area contributed by atoms with Crippen LogP contribution in [0.4, 0.5) is 0 Å². The number of nitrogens with one attached hydrogen (secondary N) is 2. The number of hydrogen-bond donors (Lipinski definition) is 2. The highest BCUT2D eigenvalue weighted by atomic mass is 32.2. The van der Waals surface area contributed by atoms with E-state index in [-0.39, 0.29) is 0 Å². The van der Waals surface area contributed by atoms with E-state index in [1.807, 2.05) is 14.0 Å². The number of nitrogens with zero attached hydrogens (tertiary/aromatic N) is 2. The highest BCUT2D eigenvalue weighted by molar-refractivity contribution is 7.85. The van der Waals surface area contributed by atoms with Crippen molar-refractivity contribution in [3.8, 4) is 0 Å². The molecule has 2 aliphatic rings. The highest BCUT2D eigenvalue weighted by Crippen LogP contribution is 2.23. The molecule has 1 aliphatic carbocycles. The third-order valence-corrected chi connectivity index (χ3v) is 7.27. The summed E-state index contributed by atoms with van der Waals surface area (Å²) in [5, 5.41) is 7.40. The van der Waals surface area contributed by atoms with Crippen LogP contribution in [0.2, 0.25) is 0 Å². The van der Waals surface area contributed by atoms with Crippen LogP contribution in [0.1, 0.15) is 51.9 Å². The Hall–Kier alpha value is -0.620. The van der Waals surface area contributed by atoms with Crippen LogP contribution in [0.3, 0.4) is 0 Å². The molecule has 3 atom stereocenters. The number of likely N-dealkylation sites (tertiary alicyclic amines) is 1. The summed E-state index contributed by atoms with van der Waals surface area (Å²) in [4.78, 5) is 6.80. The summed E-state index contributed by atoms with van der Waals surface area (Å²) >= 11 is 0. The third-order valence-electron chi connectivity index (χ3n) is 5.53. The average Bonchev–Trinajstić information content (AvgIpc) is 2.62.